The van der Waals surface area contributed by atoms with Gasteiger partial charge in [0.15, 0.2) is 0 Å². The molecule has 0 saturated carbocycles. The molecule has 0 radical (unpaired) electrons. The van der Waals surface area contributed by atoms with Crippen LogP contribution in [0.2, 0.25) is 0 Å². The molecule has 2 aliphatic heterocycles. The van der Waals surface area contributed by atoms with Gasteiger partial charge in [-0.05, 0) is 19.3 Å². The highest BCUT2D eigenvalue weighted by Crippen LogP contribution is 2.26. The van der Waals surface area contributed by atoms with Gasteiger partial charge in [0.25, 0.3) is 0 Å². The zero-order chi connectivity index (χ0) is 14.1. The second-order valence-electron chi connectivity index (χ2n) is 5.66. The maximum absolute atomic E-state index is 12.5. The average Bonchev–Trinajstić information content (AvgIpc) is 3.05. The molecule has 0 bridgehead atoms. The largest absolute Gasteiger partial charge is 0.342 e. The van der Waals surface area contributed by atoms with Crippen LogP contribution >= 0.6 is 0 Å². The predicted molar refractivity (Wildman–Crippen MR) is 74.1 cm³/mol. The quantitative estimate of drug-likeness (QED) is 0.802. The van der Waals surface area contributed by atoms with Crippen molar-refractivity contribution in [3.63, 3.8) is 0 Å². The molecule has 2 amide bonds. The Hall–Kier alpha value is -1.85. The van der Waals surface area contributed by atoms with Crippen LogP contribution in [-0.2, 0) is 16.6 Å². The van der Waals surface area contributed by atoms with Gasteiger partial charge in [-0.1, -0.05) is 0 Å². The molecule has 0 aliphatic carbocycles. The highest BCUT2D eigenvalue weighted by atomic mass is 16.2. The maximum atomic E-state index is 12.5. The molecule has 2 aliphatic rings. The molecule has 0 unspecified atom stereocenters. The molecule has 2 fully saturated rings. The Morgan fingerprint density at radius 1 is 1.30 bits per heavy atom. The Morgan fingerprint density at radius 2 is 2.05 bits per heavy atom. The third-order valence-corrected chi connectivity index (χ3v) is 4.14. The fraction of sp³-hybridized carbons (Fsp3) is 0.643. The molecule has 0 N–H and O–H groups in total. The molecule has 2 saturated heterocycles. The van der Waals surface area contributed by atoms with Crippen molar-refractivity contribution in [3.05, 3.63) is 12.4 Å². The van der Waals surface area contributed by atoms with Crippen LogP contribution in [0.1, 0.15) is 25.7 Å². The topological polar surface area (TPSA) is 58.4 Å². The number of rotatable bonds is 2. The van der Waals surface area contributed by atoms with Gasteiger partial charge in [0.2, 0.25) is 11.8 Å². The van der Waals surface area contributed by atoms with Gasteiger partial charge in [0.1, 0.15) is 0 Å². The Morgan fingerprint density at radius 3 is 2.70 bits per heavy atom. The van der Waals surface area contributed by atoms with Crippen LogP contribution in [0.5, 0.6) is 0 Å². The first-order chi connectivity index (χ1) is 9.65. The van der Waals surface area contributed by atoms with E-state index in [-0.39, 0.29) is 17.7 Å². The Balaban J connectivity index is 1.68. The van der Waals surface area contributed by atoms with E-state index in [9.17, 15) is 9.59 Å². The summed E-state index contributed by atoms with van der Waals surface area (Å²) in [6.07, 6.45) is 7.17. The smallest absolute Gasteiger partial charge is 0.228 e. The van der Waals surface area contributed by atoms with Crippen LogP contribution in [0, 0.1) is 5.92 Å². The van der Waals surface area contributed by atoms with E-state index >= 15 is 0 Å². The lowest BCUT2D eigenvalue weighted by Crippen LogP contribution is -2.40. The molecule has 1 aromatic heterocycles. The number of hydrogen-bond acceptors (Lipinski definition) is 3. The summed E-state index contributed by atoms with van der Waals surface area (Å²) in [6, 6.07) is 0. The number of anilines is 1. The molecule has 0 aromatic carbocycles. The summed E-state index contributed by atoms with van der Waals surface area (Å²) < 4.78 is 1.67. The van der Waals surface area contributed by atoms with Crippen LogP contribution in [0.4, 0.5) is 5.69 Å². The van der Waals surface area contributed by atoms with Gasteiger partial charge in [0, 0.05) is 39.3 Å². The van der Waals surface area contributed by atoms with E-state index in [0.29, 0.717) is 13.0 Å². The second-order valence-corrected chi connectivity index (χ2v) is 5.66. The van der Waals surface area contributed by atoms with E-state index < -0.39 is 0 Å². The number of carbonyl (C=O) groups excluding carboxylic acids is 2. The van der Waals surface area contributed by atoms with Crippen LogP contribution in [0.3, 0.4) is 0 Å². The predicted octanol–water partition coefficient (Wildman–Crippen LogP) is 0.785. The zero-order valence-electron chi connectivity index (χ0n) is 11.8. The molecule has 108 valence electrons. The molecule has 0 spiro atoms. The number of nitrogens with zero attached hydrogens (tertiary/aromatic N) is 4. The first kappa shape index (κ1) is 13.1. The number of hydrogen-bond donors (Lipinski definition) is 0. The molecule has 3 heterocycles. The number of aryl methyl sites for hydroxylation is 1. The van der Waals surface area contributed by atoms with E-state index in [4.69, 9.17) is 0 Å². The Kier molecular flexibility index (Phi) is 3.46. The number of piperidine rings is 1. The summed E-state index contributed by atoms with van der Waals surface area (Å²) in [7, 11) is 1.82. The van der Waals surface area contributed by atoms with Gasteiger partial charge in [-0.2, -0.15) is 5.10 Å². The highest BCUT2D eigenvalue weighted by molar-refractivity contribution is 6.00. The third-order valence-electron chi connectivity index (χ3n) is 4.14. The first-order valence-electron chi connectivity index (χ1n) is 7.23. The van der Waals surface area contributed by atoms with Crippen molar-refractivity contribution in [2.24, 2.45) is 13.0 Å². The van der Waals surface area contributed by atoms with Crippen molar-refractivity contribution >= 4 is 17.5 Å². The van der Waals surface area contributed by atoms with Crippen LogP contribution in [-0.4, -0.2) is 46.1 Å². The van der Waals surface area contributed by atoms with Gasteiger partial charge in [-0.3, -0.25) is 14.3 Å². The Labute approximate surface area is 118 Å². The minimum atomic E-state index is -0.194. The molecular weight excluding hydrogens is 256 g/mol. The SMILES string of the molecule is Cn1cc(N2C[C@H](C(=O)N3CCCCC3)CC2=O)cn1. The lowest BCUT2D eigenvalue weighted by molar-refractivity contribution is -0.136. The van der Waals surface area contributed by atoms with Gasteiger partial charge >= 0.3 is 0 Å². The molecule has 6 nitrogen and oxygen atoms in total. The molecular formula is C14H20N4O2. The van der Waals surface area contributed by atoms with Crippen molar-refractivity contribution in [3.8, 4) is 0 Å². The standard InChI is InChI=1S/C14H20N4O2/c1-16-10-12(8-15-16)18-9-11(7-13(18)19)14(20)17-5-3-2-4-6-17/h8,10-11H,2-7,9H2,1H3/t11-/m1/s1. The lowest BCUT2D eigenvalue weighted by atomic mass is 10.0. The van der Waals surface area contributed by atoms with E-state index in [1.54, 1.807) is 15.8 Å². The van der Waals surface area contributed by atoms with Crippen LogP contribution < -0.4 is 4.90 Å². The number of likely N-dealkylation sites (tertiary alicyclic amines) is 1. The summed E-state index contributed by atoms with van der Waals surface area (Å²) in [6.45, 7) is 2.17. The molecule has 6 heteroatoms. The van der Waals surface area contributed by atoms with Gasteiger partial charge in [-0.25, -0.2) is 0 Å². The van der Waals surface area contributed by atoms with Gasteiger partial charge in [-0.15, -0.1) is 0 Å². The monoisotopic (exact) mass is 276 g/mol. The Bertz CT molecular complexity index is 519. The van der Waals surface area contributed by atoms with Crippen molar-refractivity contribution in [1.29, 1.82) is 0 Å². The normalized spacial score (nSPS) is 23.4. The minimum Gasteiger partial charge on any atom is -0.342 e. The molecule has 1 atom stereocenters. The van der Waals surface area contributed by atoms with E-state index in [1.807, 2.05) is 18.1 Å². The summed E-state index contributed by atoms with van der Waals surface area (Å²) in [5, 5.41) is 4.08. The third kappa shape index (κ3) is 2.42. The van der Waals surface area contributed by atoms with Crippen LogP contribution in [0.25, 0.3) is 0 Å². The molecule has 3 rings (SSSR count). The lowest BCUT2D eigenvalue weighted by Gasteiger charge is -2.28. The molecule has 1 aromatic rings. The van der Waals surface area contributed by atoms with Gasteiger partial charge < -0.3 is 9.80 Å². The van der Waals surface area contributed by atoms with Gasteiger partial charge in [0.05, 0.1) is 17.8 Å². The first-order valence-corrected chi connectivity index (χ1v) is 7.23. The van der Waals surface area contributed by atoms with Crippen molar-refractivity contribution in [2.45, 2.75) is 25.7 Å². The van der Waals surface area contributed by atoms with Crippen molar-refractivity contribution < 1.29 is 9.59 Å². The highest BCUT2D eigenvalue weighted by Gasteiger charge is 2.37. The second kappa shape index (κ2) is 5.26. The summed E-state index contributed by atoms with van der Waals surface area (Å²) in [4.78, 5) is 28.2. The van der Waals surface area contributed by atoms with Crippen LogP contribution in [0.15, 0.2) is 12.4 Å². The average molecular weight is 276 g/mol. The zero-order valence-corrected chi connectivity index (χ0v) is 11.8. The number of aromatic nitrogens is 2. The fourth-order valence-corrected chi connectivity index (χ4v) is 3.04. The number of amides is 2. The summed E-state index contributed by atoms with van der Waals surface area (Å²) in [5.74, 6) is -0.0291. The minimum absolute atomic E-state index is 0.0216. The number of carbonyl (C=O) groups is 2. The van der Waals surface area contributed by atoms with Crippen molar-refractivity contribution in [2.75, 3.05) is 24.5 Å². The molecule has 20 heavy (non-hydrogen) atoms. The van der Waals surface area contributed by atoms with E-state index in [1.165, 1.54) is 6.42 Å². The van der Waals surface area contributed by atoms with E-state index in [0.717, 1.165) is 31.6 Å². The van der Waals surface area contributed by atoms with Crippen molar-refractivity contribution in [1.82, 2.24) is 14.7 Å². The maximum Gasteiger partial charge on any atom is 0.228 e. The summed E-state index contributed by atoms with van der Waals surface area (Å²) >= 11 is 0. The summed E-state index contributed by atoms with van der Waals surface area (Å²) in [5.41, 5.74) is 0.784. The fourth-order valence-electron chi connectivity index (χ4n) is 3.04. The van der Waals surface area contributed by atoms with E-state index in [2.05, 4.69) is 5.10 Å².